The van der Waals surface area contributed by atoms with Gasteiger partial charge in [-0.05, 0) is 35.7 Å². The Labute approximate surface area is 142 Å². The molecule has 3 rings (SSSR count). The minimum Gasteiger partial charge on any atom is -0.381 e. The van der Waals surface area contributed by atoms with Crippen LogP contribution in [-0.2, 0) is 11.3 Å². The van der Waals surface area contributed by atoms with Gasteiger partial charge in [-0.25, -0.2) is 4.99 Å². The summed E-state index contributed by atoms with van der Waals surface area (Å²) in [5.41, 5.74) is 1.30. The Bertz CT molecular complexity index is 661. The van der Waals surface area contributed by atoms with Gasteiger partial charge in [0.15, 0.2) is 5.96 Å². The van der Waals surface area contributed by atoms with Crippen molar-refractivity contribution in [3.8, 4) is 0 Å². The van der Waals surface area contributed by atoms with Crippen LogP contribution in [0.25, 0.3) is 10.1 Å². The molecule has 1 aliphatic heterocycles. The molecule has 1 N–H and O–H groups in total. The van der Waals surface area contributed by atoms with Gasteiger partial charge >= 0.3 is 0 Å². The van der Waals surface area contributed by atoms with Crippen LogP contribution < -0.4 is 5.32 Å². The SMILES string of the molecule is CCNC(=NCc1csc2ccccc12)N(C)CC1CCOC1. The Morgan fingerprint density at radius 1 is 1.43 bits per heavy atom. The highest BCUT2D eigenvalue weighted by Crippen LogP contribution is 2.26. The average Bonchev–Trinajstić information content (AvgIpc) is 3.21. The highest BCUT2D eigenvalue weighted by atomic mass is 32.1. The molecule has 1 saturated heterocycles. The van der Waals surface area contributed by atoms with Crippen LogP contribution in [0.1, 0.15) is 18.9 Å². The number of guanidine groups is 1. The zero-order valence-corrected chi connectivity index (χ0v) is 14.7. The monoisotopic (exact) mass is 331 g/mol. The van der Waals surface area contributed by atoms with E-state index in [0.29, 0.717) is 5.92 Å². The lowest BCUT2D eigenvalue weighted by atomic mass is 10.1. The summed E-state index contributed by atoms with van der Waals surface area (Å²) in [7, 11) is 2.12. The minimum atomic E-state index is 0.617. The van der Waals surface area contributed by atoms with Crippen molar-refractivity contribution in [1.29, 1.82) is 0 Å². The molecule has 0 spiro atoms. The molecule has 0 amide bonds. The molecule has 0 bridgehead atoms. The van der Waals surface area contributed by atoms with Gasteiger partial charge in [-0.2, -0.15) is 0 Å². The van der Waals surface area contributed by atoms with E-state index in [-0.39, 0.29) is 0 Å². The number of aliphatic imine (C=N–C) groups is 1. The smallest absolute Gasteiger partial charge is 0.193 e. The number of hydrogen-bond donors (Lipinski definition) is 1. The highest BCUT2D eigenvalue weighted by molar-refractivity contribution is 7.17. The van der Waals surface area contributed by atoms with E-state index in [1.54, 1.807) is 11.3 Å². The third kappa shape index (κ3) is 4.03. The molecule has 1 aromatic heterocycles. The third-order valence-electron chi connectivity index (χ3n) is 4.21. The van der Waals surface area contributed by atoms with Crippen LogP contribution in [0.4, 0.5) is 0 Å². The normalized spacial score (nSPS) is 18.5. The summed E-state index contributed by atoms with van der Waals surface area (Å²) < 4.78 is 6.81. The molecular formula is C18H25N3OS. The first-order chi connectivity index (χ1) is 11.3. The fraction of sp³-hybridized carbons (Fsp3) is 0.500. The predicted octanol–water partition coefficient (Wildman–Crippen LogP) is 3.34. The number of fused-ring (bicyclic) bond motifs is 1. The van der Waals surface area contributed by atoms with Gasteiger partial charge in [0.05, 0.1) is 13.2 Å². The Hall–Kier alpha value is -1.59. The molecule has 2 heterocycles. The Morgan fingerprint density at radius 2 is 2.30 bits per heavy atom. The predicted molar refractivity (Wildman–Crippen MR) is 98.2 cm³/mol. The molecule has 1 atom stereocenters. The maximum Gasteiger partial charge on any atom is 0.193 e. The van der Waals surface area contributed by atoms with Crippen LogP contribution in [0.3, 0.4) is 0 Å². The molecule has 1 aromatic carbocycles. The second-order valence-corrected chi connectivity index (χ2v) is 6.95. The van der Waals surface area contributed by atoms with Gasteiger partial charge in [-0.3, -0.25) is 0 Å². The molecule has 4 nitrogen and oxygen atoms in total. The molecule has 124 valence electrons. The summed E-state index contributed by atoms with van der Waals surface area (Å²) in [6, 6.07) is 8.54. The summed E-state index contributed by atoms with van der Waals surface area (Å²) in [6.07, 6.45) is 1.15. The van der Waals surface area contributed by atoms with Crippen molar-refractivity contribution in [2.45, 2.75) is 19.9 Å². The van der Waals surface area contributed by atoms with Gasteiger partial charge in [0.1, 0.15) is 0 Å². The number of thiophene rings is 1. The summed E-state index contributed by atoms with van der Waals surface area (Å²) in [6.45, 7) is 6.48. The van der Waals surface area contributed by atoms with E-state index in [9.17, 15) is 0 Å². The van der Waals surface area contributed by atoms with E-state index < -0.39 is 0 Å². The van der Waals surface area contributed by atoms with Crippen molar-refractivity contribution in [3.63, 3.8) is 0 Å². The average molecular weight is 331 g/mol. The topological polar surface area (TPSA) is 36.9 Å². The van der Waals surface area contributed by atoms with Crippen molar-refractivity contribution in [1.82, 2.24) is 10.2 Å². The lowest BCUT2D eigenvalue weighted by molar-refractivity contribution is 0.181. The van der Waals surface area contributed by atoms with Gasteiger partial charge < -0.3 is 15.0 Å². The molecule has 1 unspecified atom stereocenters. The second-order valence-electron chi connectivity index (χ2n) is 6.04. The van der Waals surface area contributed by atoms with Crippen LogP contribution in [0.5, 0.6) is 0 Å². The number of benzene rings is 1. The first-order valence-electron chi connectivity index (χ1n) is 8.30. The van der Waals surface area contributed by atoms with E-state index in [1.165, 1.54) is 15.6 Å². The molecule has 23 heavy (non-hydrogen) atoms. The van der Waals surface area contributed by atoms with Crippen molar-refractivity contribution < 1.29 is 4.74 Å². The quantitative estimate of drug-likeness (QED) is 0.674. The Morgan fingerprint density at radius 3 is 3.09 bits per heavy atom. The van der Waals surface area contributed by atoms with E-state index >= 15 is 0 Å². The fourth-order valence-corrected chi connectivity index (χ4v) is 3.94. The van der Waals surface area contributed by atoms with Crippen molar-refractivity contribution >= 4 is 27.4 Å². The molecule has 0 radical (unpaired) electrons. The molecule has 1 aliphatic rings. The lowest BCUT2D eigenvalue weighted by Crippen LogP contribution is -2.41. The molecule has 1 fully saturated rings. The number of rotatable bonds is 5. The van der Waals surface area contributed by atoms with Crippen molar-refractivity contribution in [2.75, 3.05) is 33.4 Å². The van der Waals surface area contributed by atoms with E-state index in [1.807, 2.05) is 0 Å². The summed E-state index contributed by atoms with van der Waals surface area (Å²) in [4.78, 5) is 7.08. The zero-order chi connectivity index (χ0) is 16.1. The van der Waals surface area contributed by atoms with E-state index in [4.69, 9.17) is 9.73 Å². The first-order valence-corrected chi connectivity index (χ1v) is 9.18. The molecule has 2 aromatic rings. The largest absolute Gasteiger partial charge is 0.381 e. The van der Waals surface area contributed by atoms with E-state index in [2.05, 4.69) is 53.8 Å². The van der Waals surface area contributed by atoms with Gasteiger partial charge in [-0.1, -0.05) is 18.2 Å². The maximum atomic E-state index is 5.48. The molecule has 5 heteroatoms. The Kier molecular flexibility index (Phi) is 5.51. The standard InChI is InChI=1S/C18H25N3OS/c1-3-19-18(21(2)11-14-8-9-22-12-14)20-10-15-13-23-17-7-5-4-6-16(15)17/h4-7,13-14H,3,8-12H2,1-2H3,(H,19,20). The molecule has 0 aliphatic carbocycles. The highest BCUT2D eigenvalue weighted by Gasteiger charge is 2.19. The summed E-state index contributed by atoms with van der Waals surface area (Å²) >= 11 is 1.79. The van der Waals surface area contributed by atoms with Gasteiger partial charge in [-0.15, -0.1) is 11.3 Å². The number of nitrogens with zero attached hydrogens (tertiary/aromatic N) is 2. The maximum absolute atomic E-state index is 5.48. The van der Waals surface area contributed by atoms with Crippen LogP contribution in [0.15, 0.2) is 34.6 Å². The molecular weight excluding hydrogens is 306 g/mol. The van der Waals surface area contributed by atoms with Crippen LogP contribution in [0.2, 0.25) is 0 Å². The Balaban J connectivity index is 1.70. The van der Waals surface area contributed by atoms with Crippen LogP contribution in [0, 0.1) is 5.92 Å². The van der Waals surface area contributed by atoms with Crippen LogP contribution >= 0.6 is 11.3 Å². The van der Waals surface area contributed by atoms with Gasteiger partial charge in [0, 0.05) is 37.4 Å². The lowest BCUT2D eigenvalue weighted by Gasteiger charge is -2.24. The summed E-state index contributed by atoms with van der Waals surface area (Å²) in [5.74, 6) is 1.60. The van der Waals surface area contributed by atoms with E-state index in [0.717, 1.165) is 45.2 Å². The number of ether oxygens (including phenoxy) is 1. The zero-order valence-electron chi connectivity index (χ0n) is 13.9. The van der Waals surface area contributed by atoms with Crippen molar-refractivity contribution in [2.24, 2.45) is 10.9 Å². The minimum absolute atomic E-state index is 0.617. The molecule has 0 saturated carbocycles. The van der Waals surface area contributed by atoms with Crippen LogP contribution in [-0.4, -0.2) is 44.2 Å². The van der Waals surface area contributed by atoms with Gasteiger partial charge in [0.2, 0.25) is 0 Å². The third-order valence-corrected chi connectivity index (χ3v) is 5.23. The number of hydrogen-bond acceptors (Lipinski definition) is 3. The second kappa shape index (κ2) is 7.79. The van der Waals surface area contributed by atoms with Gasteiger partial charge in [0.25, 0.3) is 0 Å². The summed E-state index contributed by atoms with van der Waals surface area (Å²) in [5, 5.41) is 6.95. The fourth-order valence-electron chi connectivity index (χ4n) is 2.99. The number of nitrogens with one attached hydrogen (secondary N) is 1. The van der Waals surface area contributed by atoms with Crippen molar-refractivity contribution in [3.05, 3.63) is 35.2 Å². The first kappa shape index (κ1) is 16.3.